The van der Waals surface area contributed by atoms with Crippen LogP contribution in [-0.4, -0.2) is 21.9 Å². The number of thioether (sulfide) groups is 1. The highest BCUT2D eigenvalue weighted by atomic mass is 32.2. The third kappa shape index (κ3) is 7.63. The molecule has 0 N–H and O–H groups in total. The highest BCUT2D eigenvalue weighted by Crippen LogP contribution is 2.20. The molecule has 1 radical (unpaired) electrons. The lowest BCUT2D eigenvalue weighted by Gasteiger charge is -2.07. The average molecular weight is 283 g/mol. The molecule has 0 amide bonds. The van der Waals surface area contributed by atoms with Crippen LogP contribution in [0.5, 0.6) is 0 Å². The molecule has 19 heavy (non-hydrogen) atoms. The molecule has 0 saturated heterocycles. The summed E-state index contributed by atoms with van der Waals surface area (Å²) in [7, 11) is 0. The Labute approximate surface area is 121 Å². The molecule has 3 nitrogen and oxygen atoms in total. The van der Waals surface area contributed by atoms with Gasteiger partial charge in [-0.1, -0.05) is 39.0 Å². The Balaban J connectivity index is 2.13. The number of unbranched alkanes of at least 4 members (excludes halogenated alkanes) is 6. The van der Waals surface area contributed by atoms with E-state index in [0.29, 0.717) is 0 Å². The summed E-state index contributed by atoms with van der Waals surface area (Å²) in [6.45, 7) is 3.42. The number of nitrogens with zero attached hydrogens (tertiary/aromatic N) is 2. The number of aryl methyl sites for hydroxylation is 1. The number of aromatic nitrogens is 2. The van der Waals surface area contributed by atoms with Crippen molar-refractivity contribution < 1.29 is 5.11 Å². The van der Waals surface area contributed by atoms with Gasteiger partial charge in [0.2, 0.25) is 0 Å². The van der Waals surface area contributed by atoms with Crippen molar-refractivity contribution in [3.05, 3.63) is 12.5 Å². The first kappa shape index (κ1) is 16.6. The van der Waals surface area contributed by atoms with Crippen molar-refractivity contribution >= 4 is 11.8 Å². The van der Waals surface area contributed by atoms with Crippen LogP contribution in [0.1, 0.15) is 58.3 Å². The third-order valence-corrected chi connectivity index (χ3v) is 4.34. The summed E-state index contributed by atoms with van der Waals surface area (Å²) >= 11 is 1.90. The van der Waals surface area contributed by atoms with E-state index in [9.17, 15) is 5.11 Å². The van der Waals surface area contributed by atoms with E-state index in [1.807, 2.05) is 24.3 Å². The molecule has 1 aromatic rings. The standard InChI is InChI=1S/C15H27N2OS/c1-2-3-4-7-10-17-14-16-13-15(17)19-12-9-6-5-8-11-18/h13-14H,2-12H2,1H3. The maximum absolute atomic E-state index is 10.3. The van der Waals surface area contributed by atoms with Crippen LogP contribution < -0.4 is 0 Å². The summed E-state index contributed by atoms with van der Waals surface area (Å²) in [6.07, 6.45) is 13.4. The summed E-state index contributed by atoms with van der Waals surface area (Å²) < 4.78 is 2.28. The predicted octanol–water partition coefficient (Wildman–Crippen LogP) is 4.55. The molecular weight excluding hydrogens is 256 g/mol. The van der Waals surface area contributed by atoms with Gasteiger partial charge in [-0.05, 0) is 25.0 Å². The lowest BCUT2D eigenvalue weighted by molar-refractivity contribution is 0.186. The van der Waals surface area contributed by atoms with E-state index in [-0.39, 0.29) is 6.61 Å². The summed E-state index contributed by atoms with van der Waals surface area (Å²) in [5, 5.41) is 11.6. The number of hydrogen-bond donors (Lipinski definition) is 0. The van der Waals surface area contributed by atoms with Gasteiger partial charge in [-0.25, -0.2) is 10.1 Å². The molecule has 0 aliphatic rings. The molecule has 0 aliphatic heterocycles. The quantitative estimate of drug-likeness (QED) is 0.417. The van der Waals surface area contributed by atoms with Gasteiger partial charge in [0.05, 0.1) is 24.2 Å². The number of imidazole rings is 1. The van der Waals surface area contributed by atoms with Crippen LogP contribution in [0, 0.1) is 0 Å². The Morgan fingerprint density at radius 2 is 1.89 bits per heavy atom. The molecule has 0 spiro atoms. The van der Waals surface area contributed by atoms with Gasteiger partial charge in [0.15, 0.2) is 0 Å². The van der Waals surface area contributed by atoms with Crippen LogP contribution in [0.2, 0.25) is 0 Å². The van der Waals surface area contributed by atoms with Crippen molar-refractivity contribution in [2.45, 2.75) is 69.9 Å². The maximum Gasteiger partial charge on any atom is 0.0954 e. The zero-order valence-electron chi connectivity index (χ0n) is 12.1. The highest BCUT2D eigenvalue weighted by Gasteiger charge is 2.02. The molecule has 109 valence electrons. The molecule has 0 bridgehead atoms. The van der Waals surface area contributed by atoms with Crippen molar-refractivity contribution in [1.82, 2.24) is 9.55 Å². The Hall–Kier alpha value is -0.480. The van der Waals surface area contributed by atoms with Crippen molar-refractivity contribution in [1.29, 1.82) is 0 Å². The van der Waals surface area contributed by atoms with Gasteiger partial charge in [0.25, 0.3) is 0 Å². The maximum atomic E-state index is 10.3. The number of hydrogen-bond acceptors (Lipinski definition) is 2. The van der Waals surface area contributed by atoms with Crippen molar-refractivity contribution in [2.24, 2.45) is 0 Å². The summed E-state index contributed by atoms with van der Waals surface area (Å²) in [4.78, 5) is 4.25. The minimum atomic E-state index is 0.0810. The summed E-state index contributed by atoms with van der Waals surface area (Å²) in [5.74, 6) is 1.14. The Morgan fingerprint density at radius 3 is 2.68 bits per heavy atom. The molecule has 0 unspecified atom stereocenters. The van der Waals surface area contributed by atoms with Crippen molar-refractivity contribution in [3.63, 3.8) is 0 Å². The fourth-order valence-corrected chi connectivity index (χ4v) is 3.04. The molecule has 1 rings (SSSR count). The first-order chi connectivity index (χ1) is 9.38. The van der Waals surface area contributed by atoms with Gasteiger partial charge in [-0.3, -0.25) is 0 Å². The van der Waals surface area contributed by atoms with Crippen LogP contribution in [0.25, 0.3) is 0 Å². The Morgan fingerprint density at radius 1 is 1.11 bits per heavy atom. The fraction of sp³-hybridized carbons (Fsp3) is 0.800. The normalized spacial score (nSPS) is 11.1. The lowest BCUT2D eigenvalue weighted by Crippen LogP contribution is -1.98. The minimum Gasteiger partial charge on any atom is -0.326 e. The monoisotopic (exact) mass is 283 g/mol. The minimum absolute atomic E-state index is 0.0810. The van der Waals surface area contributed by atoms with E-state index in [0.717, 1.165) is 25.1 Å². The van der Waals surface area contributed by atoms with E-state index in [1.165, 1.54) is 43.6 Å². The smallest absolute Gasteiger partial charge is 0.0954 e. The predicted molar refractivity (Wildman–Crippen MR) is 81.1 cm³/mol. The number of rotatable bonds is 12. The first-order valence-electron chi connectivity index (χ1n) is 7.59. The SMILES string of the molecule is CCCCCCn1cncc1SCCCCCC[O]. The van der Waals surface area contributed by atoms with Gasteiger partial charge in [-0.15, -0.1) is 11.8 Å². The molecule has 1 heterocycles. The zero-order chi connectivity index (χ0) is 13.8. The zero-order valence-corrected chi connectivity index (χ0v) is 13.0. The average Bonchev–Trinajstić information content (AvgIpc) is 2.86. The molecule has 4 heteroatoms. The molecule has 1 aromatic heterocycles. The van der Waals surface area contributed by atoms with Gasteiger partial charge in [0, 0.05) is 6.54 Å². The third-order valence-electron chi connectivity index (χ3n) is 3.22. The summed E-state index contributed by atoms with van der Waals surface area (Å²) in [6, 6.07) is 0. The second kappa shape index (κ2) is 11.4. The van der Waals surface area contributed by atoms with Crippen LogP contribution in [0.4, 0.5) is 0 Å². The summed E-state index contributed by atoms with van der Waals surface area (Å²) in [5.41, 5.74) is 0. The Kier molecular flexibility index (Phi) is 9.91. The first-order valence-corrected chi connectivity index (χ1v) is 8.58. The van der Waals surface area contributed by atoms with Gasteiger partial charge in [-0.2, -0.15) is 0 Å². The molecule has 0 aromatic carbocycles. The Bertz CT molecular complexity index is 315. The second-order valence-electron chi connectivity index (χ2n) is 4.95. The molecule has 0 atom stereocenters. The van der Waals surface area contributed by atoms with Crippen molar-refractivity contribution in [2.75, 3.05) is 12.4 Å². The second-order valence-corrected chi connectivity index (χ2v) is 6.07. The van der Waals surface area contributed by atoms with Gasteiger partial charge in [0.1, 0.15) is 0 Å². The van der Waals surface area contributed by atoms with E-state index in [2.05, 4.69) is 16.5 Å². The largest absolute Gasteiger partial charge is 0.326 e. The highest BCUT2D eigenvalue weighted by molar-refractivity contribution is 7.99. The van der Waals surface area contributed by atoms with Gasteiger partial charge < -0.3 is 4.57 Å². The van der Waals surface area contributed by atoms with Crippen LogP contribution in [-0.2, 0) is 11.7 Å². The van der Waals surface area contributed by atoms with Crippen LogP contribution in [0.15, 0.2) is 17.6 Å². The molecule has 0 fully saturated rings. The van der Waals surface area contributed by atoms with E-state index >= 15 is 0 Å². The van der Waals surface area contributed by atoms with E-state index in [1.54, 1.807) is 0 Å². The van der Waals surface area contributed by atoms with Crippen LogP contribution >= 0.6 is 11.8 Å². The van der Waals surface area contributed by atoms with E-state index < -0.39 is 0 Å². The van der Waals surface area contributed by atoms with E-state index in [4.69, 9.17) is 0 Å². The topological polar surface area (TPSA) is 37.7 Å². The van der Waals surface area contributed by atoms with Crippen molar-refractivity contribution in [3.8, 4) is 0 Å². The molecule has 0 saturated carbocycles. The van der Waals surface area contributed by atoms with Gasteiger partial charge >= 0.3 is 0 Å². The van der Waals surface area contributed by atoms with Crippen LogP contribution in [0.3, 0.4) is 0 Å². The lowest BCUT2D eigenvalue weighted by atomic mass is 10.2. The fourth-order valence-electron chi connectivity index (χ4n) is 2.04. The molecule has 0 aliphatic carbocycles. The molecular formula is C15H27N2OS.